The maximum atomic E-state index is 12.3. The van der Waals surface area contributed by atoms with Crippen molar-refractivity contribution < 1.29 is 14.3 Å². The Hall–Kier alpha value is -2.98. The van der Waals surface area contributed by atoms with Crippen LogP contribution in [0.15, 0.2) is 72.8 Å². The smallest absolute Gasteiger partial charge is 0.262 e. The van der Waals surface area contributed by atoms with Crippen molar-refractivity contribution in [3.05, 3.63) is 83.4 Å². The molecule has 3 rings (SSSR count). The maximum Gasteiger partial charge on any atom is 0.262 e. The second kappa shape index (κ2) is 9.10. The average molecular weight is 382 g/mol. The Labute approximate surface area is 163 Å². The van der Waals surface area contributed by atoms with Crippen LogP contribution in [0.5, 0.6) is 17.2 Å². The van der Waals surface area contributed by atoms with Gasteiger partial charge in [0, 0.05) is 5.02 Å². The number of anilines is 1. The lowest BCUT2D eigenvalue weighted by Crippen LogP contribution is -2.20. The Kier molecular flexibility index (Phi) is 6.34. The quantitative estimate of drug-likeness (QED) is 0.570. The largest absolute Gasteiger partial charge is 0.484 e. The minimum Gasteiger partial charge on any atom is -0.484 e. The van der Waals surface area contributed by atoms with Crippen LogP contribution in [0.25, 0.3) is 0 Å². The summed E-state index contributed by atoms with van der Waals surface area (Å²) in [5.74, 6) is 1.54. The average Bonchev–Trinajstić information content (AvgIpc) is 2.69. The molecule has 0 saturated heterocycles. The van der Waals surface area contributed by atoms with Gasteiger partial charge < -0.3 is 14.8 Å². The Morgan fingerprint density at radius 2 is 1.74 bits per heavy atom. The van der Waals surface area contributed by atoms with Gasteiger partial charge in [-0.2, -0.15) is 0 Å². The number of aryl methyl sites for hydroxylation is 1. The van der Waals surface area contributed by atoms with E-state index < -0.39 is 0 Å². The van der Waals surface area contributed by atoms with E-state index in [1.165, 1.54) is 0 Å². The third-order valence-corrected chi connectivity index (χ3v) is 4.10. The van der Waals surface area contributed by atoms with Crippen LogP contribution in [0.4, 0.5) is 5.69 Å². The Bertz CT molecular complexity index is 912. The van der Waals surface area contributed by atoms with Crippen LogP contribution in [0, 0.1) is 0 Å². The normalized spacial score (nSPS) is 10.3. The van der Waals surface area contributed by atoms with Crippen LogP contribution >= 0.6 is 11.6 Å². The van der Waals surface area contributed by atoms with Gasteiger partial charge in [-0.1, -0.05) is 48.9 Å². The van der Waals surface area contributed by atoms with E-state index in [0.29, 0.717) is 28.0 Å². The summed E-state index contributed by atoms with van der Waals surface area (Å²) < 4.78 is 11.4. The van der Waals surface area contributed by atoms with Crippen molar-refractivity contribution in [2.75, 3.05) is 11.9 Å². The van der Waals surface area contributed by atoms with Crippen molar-refractivity contribution in [1.82, 2.24) is 0 Å². The topological polar surface area (TPSA) is 47.6 Å². The minimum absolute atomic E-state index is 0.107. The van der Waals surface area contributed by atoms with E-state index in [9.17, 15) is 4.79 Å². The predicted molar refractivity (Wildman–Crippen MR) is 108 cm³/mol. The summed E-state index contributed by atoms with van der Waals surface area (Å²) in [5, 5.41) is 3.30. The Balaban J connectivity index is 1.66. The summed E-state index contributed by atoms with van der Waals surface area (Å²) >= 11 is 6.07. The molecule has 5 heteroatoms. The van der Waals surface area contributed by atoms with Gasteiger partial charge in [-0.25, -0.2) is 0 Å². The van der Waals surface area contributed by atoms with Crippen molar-refractivity contribution in [3.63, 3.8) is 0 Å². The third-order valence-electron chi connectivity index (χ3n) is 3.86. The van der Waals surface area contributed by atoms with Crippen molar-refractivity contribution in [2.45, 2.75) is 13.3 Å². The molecular formula is C22H20ClNO3. The molecule has 3 aromatic rings. The fourth-order valence-electron chi connectivity index (χ4n) is 2.49. The van der Waals surface area contributed by atoms with Gasteiger partial charge in [0.25, 0.3) is 5.91 Å². The van der Waals surface area contributed by atoms with Crippen LogP contribution in [-0.2, 0) is 11.2 Å². The fourth-order valence-corrected chi connectivity index (χ4v) is 2.67. The molecule has 0 spiro atoms. The molecule has 0 atom stereocenters. The van der Waals surface area contributed by atoms with E-state index >= 15 is 0 Å². The number of hydrogen-bond donors (Lipinski definition) is 1. The number of carbonyl (C=O) groups is 1. The second-order valence-electron chi connectivity index (χ2n) is 5.89. The SMILES string of the molecule is CCc1cccc(OCC(=O)Nc2cc(Cl)ccc2Oc2ccccc2)c1. The van der Waals surface area contributed by atoms with Crippen molar-refractivity contribution in [1.29, 1.82) is 0 Å². The standard InChI is InChI=1S/C22H20ClNO3/c1-2-16-7-6-10-19(13-16)26-15-22(25)24-20-14-17(23)11-12-21(20)27-18-8-4-3-5-9-18/h3-14H,2,15H2,1H3,(H,24,25). The van der Waals surface area contributed by atoms with Gasteiger partial charge in [0.15, 0.2) is 12.4 Å². The van der Waals surface area contributed by atoms with Gasteiger partial charge in [0.1, 0.15) is 11.5 Å². The number of ether oxygens (including phenoxy) is 2. The summed E-state index contributed by atoms with van der Waals surface area (Å²) in [6.45, 7) is 1.96. The van der Waals surface area contributed by atoms with E-state index in [2.05, 4.69) is 12.2 Å². The third kappa shape index (κ3) is 5.50. The zero-order chi connectivity index (χ0) is 19.1. The molecule has 0 heterocycles. The highest BCUT2D eigenvalue weighted by atomic mass is 35.5. The molecule has 0 aromatic heterocycles. The number of hydrogen-bond acceptors (Lipinski definition) is 3. The first kappa shape index (κ1) is 18.8. The van der Waals surface area contributed by atoms with Gasteiger partial charge in [0.05, 0.1) is 5.69 Å². The molecular weight excluding hydrogens is 362 g/mol. The first-order chi connectivity index (χ1) is 13.1. The maximum absolute atomic E-state index is 12.3. The number of amides is 1. The summed E-state index contributed by atoms with van der Waals surface area (Å²) in [6, 6.07) is 22.1. The Morgan fingerprint density at radius 1 is 0.963 bits per heavy atom. The predicted octanol–water partition coefficient (Wildman–Crippen LogP) is 5.71. The number of rotatable bonds is 7. The first-order valence-electron chi connectivity index (χ1n) is 8.68. The highest BCUT2D eigenvalue weighted by Crippen LogP contribution is 2.32. The molecule has 1 amide bonds. The summed E-state index contributed by atoms with van der Waals surface area (Å²) in [4.78, 5) is 12.3. The highest BCUT2D eigenvalue weighted by molar-refractivity contribution is 6.31. The molecule has 0 aliphatic carbocycles. The van der Waals surface area contributed by atoms with Gasteiger partial charge in [-0.3, -0.25) is 4.79 Å². The molecule has 0 unspecified atom stereocenters. The molecule has 1 N–H and O–H groups in total. The highest BCUT2D eigenvalue weighted by Gasteiger charge is 2.11. The van der Waals surface area contributed by atoms with Gasteiger partial charge in [-0.15, -0.1) is 0 Å². The Morgan fingerprint density at radius 3 is 2.52 bits per heavy atom. The molecule has 3 aromatic carbocycles. The van der Waals surface area contributed by atoms with Crippen molar-refractivity contribution in [3.8, 4) is 17.2 Å². The summed E-state index contributed by atoms with van der Waals surface area (Å²) in [5.41, 5.74) is 1.64. The molecule has 0 aliphatic rings. The van der Waals surface area contributed by atoms with Crippen LogP contribution < -0.4 is 14.8 Å². The zero-order valence-electron chi connectivity index (χ0n) is 14.9. The number of para-hydroxylation sites is 1. The van der Waals surface area contributed by atoms with E-state index in [0.717, 1.165) is 12.0 Å². The molecule has 27 heavy (non-hydrogen) atoms. The number of halogens is 1. The van der Waals surface area contributed by atoms with Gasteiger partial charge in [-0.05, 0) is 54.4 Å². The van der Waals surface area contributed by atoms with Crippen molar-refractivity contribution >= 4 is 23.2 Å². The first-order valence-corrected chi connectivity index (χ1v) is 9.06. The van der Waals surface area contributed by atoms with E-state index in [4.69, 9.17) is 21.1 Å². The van der Waals surface area contributed by atoms with Gasteiger partial charge >= 0.3 is 0 Å². The second-order valence-corrected chi connectivity index (χ2v) is 6.33. The lowest BCUT2D eigenvalue weighted by atomic mass is 10.2. The number of carbonyl (C=O) groups excluding carboxylic acids is 1. The summed E-state index contributed by atoms with van der Waals surface area (Å²) in [7, 11) is 0. The van der Waals surface area contributed by atoms with E-state index in [1.807, 2.05) is 54.6 Å². The molecule has 0 aliphatic heterocycles. The number of nitrogens with one attached hydrogen (secondary N) is 1. The minimum atomic E-state index is -0.294. The fraction of sp³-hybridized carbons (Fsp3) is 0.136. The van der Waals surface area contributed by atoms with E-state index in [-0.39, 0.29) is 12.5 Å². The lowest BCUT2D eigenvalue weighted by molar-refractivity contribution is -0.118. The molecule has 0 bridgehead atoms. The zero-order valence-corrected chi connectivity index (χ0v) is 15.7. The molecule has 0 fully saturated rings. The van der Waals surface area contributed by atoms with Crippen LogP contribution in [-0.4, -0.2) is 12.5 Å². The molecule has 138 valence electrons. The van der Waals surface area contributed by atoms with Crippen molar-refractivity contribution in [2.24, 2.45) is 0 Å². The van der Waals surface area contributed by atoms with Gasteiger partial charge in [0.2, 0.25) is 0 Å². The van der Waals surface area contributed by atoms with Crippen LogP contribution in [0.2, 0.25) is 5.02 Å². The molecule has 0 saturated carbocycles. The lowest BCUT2D eigenvalue weighted by Gasteiger charge is -2.13. The monoisotopic (exact) mass is 381 g/mol. The van der Waals surface area contributed by atoms with E-state index in [1.54, 1.807) is 18.2 Å². The molecule has 4 nitrogen and oxygen atoms in total. The van der Waals surface area contributed by atoms with Crippen LogP contribution in [0.3, 0.4) is 0 Å². The van der Waals surface area contributed by atoms with Crippen LogP contribution in [0.1, 0.15) is 12.5 Å². The summed E-state index contributed by atoms with van der Waals surface area (Å²) in [6.07, 6.45) is 0.909. The number of benzene rings is 3. The molecule has 0 radical (unpaired) electrons.